The molecule has 2 aliphatic rings. The third-order valence-electron chi connectivity index (χ3n) is 8.95. The van der Waals surface area contributed by atoms with Gasteiger partial charge < -0.3 is 24.3 Å². The van der Waals surface area contributed by atoms with Crippen LogP contribution < -0.4 is 19.5 Å². The first-order valence-corrected chi connectivity index (χ1v) is 17.7. The highest BCUT2D eigenvalue weighted by atomic mass is 32.2. The molecule has 2 aromatic heterocycles. The van der Waals surface area contributed by atoms with Gasteiger partial charge in [-0.2, -0.15) is 0 Å². The zero-order valence-electron chi connectivity index (χ0n) is 27.4. The summed E-state index contributed by atoms with van der Waals surface area (Å²) in [6.07, 6.45) is 7.77. The predicted molar refractivity (Wildman–Crippen MR) is 182 cm³/mol. The van der Waals surface area contributed by atoms with Crippen LogP contribution in [0.15, 0.2) is 54.7 Å². The number of rotatable bonds is 9. The van der Waals surface area contributed by atoms with E-state index in [0.717, 1.165) is 60.4 Å². The topological polar surface area (TPSA) is 115 Å². The molecule has 11 heteroatoms. The minimum absolute atomic E-state index is 0.223. The van der Waals surface area contributed by atoms with Crippen LogP contribution in [-0.2, 0) is 22.5 Å². The van der Waals surface area contributed by atoms with Crippen molar-refractivity contribution >= 4 is 38.2 Å². The summed E-state index contributed by atoms with van der Waals surface area (Å²) >= 11 is 0. The molecule has 1 saturated heterocycles. The van der Waals surface area contributed by atoms with E-state index < -0.39 is 10.0 Å². The number of hydrogen-bond acceptors (Lipinski definition) is 7. The lowest BCUT2D eigenvalue weighted by Crippen LogP contribution is -2.34. The molecule has 244 valence electrons. The Bertz CT molecular complexity index is 1880. The molecule has 0 bridgehead atoms. The monoisotopic (exact) mass is 645 g/mol. The summed E-state index contributed by atoms with van der Waals surface area (Å²) in [6.45, 7) is 8.29. The number of carbonyl (C=O) groups excluding carboxylic acids is 1. The smallest absolute Gasteiger partial charge is 0.272 e. The van der Waals surface area contributed by atoms with Crippen molar-refractivity contribution in [2.75, 3.05) is 36.5 Å². The summed E-state index contributed by atoms with van der Waals surface area (Å²) in [4.78, 5) is 21.1. The second kappa shape index (κ2) is 12.3. The summed E-state index contributed by atoms with van der Waals surface area (Å²) in [5.41, 5.74) is 3.36. The van der Waals surface area contributed by atoms with Gasteiger partial charge >= 0.3 is 0 Å². The number of piperidine rings is 1. The van der Waals surface area contributed by atoms with Gasteiger partial charge in [0.05, 0.1) is 30.3 Å². The molecule has 1 amide bonds. The molecule has 10 nitrogen and oxygen atoms in total. The van der Waals surface area contributed by atoms with Gasteiger partial charge in [-0.1, -0.05) is 32.9 Å². The summed E-state index contributed by atoms with van der Waals surface area (Å²) < 4.78 is 40.7. The highest BCUT2D eigenvalue weighted by Crippen LogP contribution is 2.40. The third-order valence-corrected chi connectivity index (χ3v) is 9.54. The maximum atomic E-state index is 13.8. The van der Waals surface area contributed by atoms with E-state index in [9.17, 15) is 13.2 Å². The van der Waals surface area contributed by atoms with Gasteiger partial charge in [0.2, 0.25) is 10.0 Å². The molecular formula is C35H43N5O5S. The minimum Gasteiger partial charge on any atom is -0.492 e. The number of likely N-dealkylation sites (tertiary alicyclic amines) is 1. The Morgan fingerprint density at radius 2 is 1.72 bits per heavy atom. The van der Waals surface area contributed by atoms with Crippen LogP contribution in [0.5, 0.6) is 17.2 Å². The Balaban J connectivity index is 1.27. The quantitative estimate of drug-likeness (QED) is 0.210. The predicted octanol–water partition coefficient (Wildman–Crippen LogP) is 6.64. The Kier molecular flexibility index (Phi) is 8.49. The average molecular weight is 646 g/mol. The zero-order valence-corrected chi connectivity index (χ0v) is 28.2. The van der Waals surface area contributed by atoms with Gasteiger partial charge in [0.25, 0.3) is 5.91 Å². The lowest BCUT2D eigenvalue weighted by atomic mass is 9.86. The van der Waals surface area contributed by atoms with Gasteiger partial charge in [0, 0.05) is 42.4 Å². The van der Waals surface area contributed by atoms with Crippen molar-refractivity contribution in [2.24, 2.45) is 7.05 Å². The molecule has 0 unspecified atom stereocenters. The number of nitrogens with zero attached hydrogens (tertiary/aromatic N) is 3. The molecule has 2 N–H and O–H groups in total. The maximum absolute atomic E-state index is 13.8. The van der Waals surface area contributed by atoms with E-state index in [1.807, 2.05) is 81.0 Å². The van der Waals surface area contributed by atoms with Gasteiger partial charge in [-0.05, 0) is 80.1 Å². The number of para-hydroxylation sites is 1. The third kappa shape index (κ3) is 6.85. The number of anilines is 2. The maximum Gasteiger partial charge on any atom is 0.272 e. The van der Waals surface area contributed by atoms with Crippen molar-refractivity contribution in [3.8, 4) is 17.2 Å². The molecule has 1 saturated carbocycles. The van der Waals surface area contributed by atoms with Crippen LogP contribution in [0.1, 0.15) is 74.1 Å². The van der Waals surface area contributed by atoms with Crippen molar-refractivity contribution in [3.05, 3.63) is 71.7 Å². The summed E-state index contributed by atoms with van der Waals surface area (Å²) in [6, 6.07) is 15.8. The van der Waals surface area contributed by atoms with Crippen LogP contribution in [0, 0.1) is 0 Å². The number of benzene rings is 2. The molecule has 4 aromatic rings. The van der Waals surface area contributed by atoms with Crippen LogP contribution in [-0.4, -0.2) is 61.3 Å². The molecule has 0 radical (unpaired) electrons. The van der Waals surface area contributed by atoms with E-state index >= 15 is 0 Å². The van der Waals surface area contributed by atoms with Crippen LogP contribution in [0.25, 0.3) is 10.9 Å². The van der Waals surface area contributed by atoms with E-state index in [0.29, 0.717) is 28.8 Å². The zero-order chi connectivity index (χ0) is 32.8. The second-order valence-corrected chi connectivity index (χ2v) is 15.3. The van der Waals surface area contributed by atoms with Gasteiger partial charge in [-0.3, -0.25) is 14.5 Å². The molecule has 1 aliphatic heterocycles. The summed E-state index contributed by atoms with van der Waals surface area (Å²) in [7, 11) is -0.333. The molecule has 2 fully saturated rings. The Labute approximate surface area is 271 Å². The number of methoxy groups -OCH3 is 1. The highest BCUT2D eigenvalue weighted by Gasteiger charge is 2.32. The first-order chi connectivity index (χ1) is 21.8. The first kappa shape index (κ1) is 31.9. The Morgan fingerprint density at radius 3 is 2.37 bits per heavy atom. The Hall–Kier alpha value is -4.09. The molecule has 0 atom stereocenters. The normalized spacial score (nSPS) is 16.4. The fourth-order valence-electron chi connectivity index (χ4n) is 6.36. The first-order valence-electron chi connectivity index (χ1n) is 15.8. The Morgan fingerprint density at radius 1 is 1.00 bits per heavy atom. The number of pyridine rings is 1. The molecule has 3 heterocycles. The van der Waals surface area contributed by atoms with E-state index in [4.69, 9.17) is 14.5 Å². The van der Waals surface area contributed by atoms with Crippen LogP contribution >= 0.6 is 0 Å². The number of nitrogens with one attached hydrogen (secondary N) is 2. The van der Waals surface area contributed by atoms with Crippen LogP contribution in [0.3, 0.4) is 0 Å². The molecule has 2 aromatic carbocycles. The van der Waals surface area contributed by atoms with Crippen molar-refractivity contribution in [1.29, 1.82) is 0 Å². The molecule has 1 aliphatic carbocycles. The lowest BCUT2D eigenvalue weighted by Gasteiger charge is -2.31. The van der Waals surface area contributed by atoms with Crippen molar-refractivity contribution in [1.82, 2.24) is 14.5 Å². The molecule has 6 rings (SSSR count). The number of aromatic nitrogens is 2. The van der Waals surface area contributed by atoms with E-state index in [2.05, 4.69) is 14.9 Å². The number of sulfonamides is 1. The molecule has 0 spiro atoms. The van der Waals surface area contributed by atoms with Gasteiger partial charge in [0.1, 0.15) is 11.4 Å². The number of carbonyl (C=O) groups is 1. The number of amides is 1. The lowest BCUT2D eigenvalue weighted by molar-refractivity contribution is 0.101. The SMILES string of the molecule is COc1c(NC(=O)c2cc3cccc(Oc4ccnc(C5CCN(C6CC6)CC5)c4)c3n2C)cc(C(C)(C)C)cc1NS(C)(=O)=O. The van der Waals surface area contributed by atoms with Gasteiger partial charge in [-0.25, -0.2) is 8.42 Å². The summed E-state index contributed by atoms with van der Waals surface area (Å²) in [5, 5.41) is 3.82. The van der Waals surface area contributed by atoms with Gasteiger partial charge in [-0.15, -0.1) is 0 Å². The number of aryl methyl sites for hydroxylation is 1. The number of fused-ring (bicyclic) bond motifs is 1. The van der Waals surface area contributed by atoms with Crippen LogP contribution in [0.4, 0.5) is 11.4 Å². The average Bonchev–Trinajstić information content (AvgIpc) is 3.79. The van der Waals surface area contributed by atoms with E-state index in [1.54, 1.807) is 6.07 Å². The van der Waals surface area contributed by atoms with E-state index in [1.165, 1.54) is 20.0 Å². The van der Waals surface area contributed by atoms with Crippen molar-refractivity contribution in [2.45, 2.75) is 63.8 Å². The molecular weight excluding hydrogens is 602 g/mol. The summed E-state index contributed by atoms with van der Waals surface area (Å²) in [5.74, 6) is 1.61. The molecule has 46 heavy (non-hydrogen) atoms. The fourth-order valence-corrected chi connectivity index (χ4v) is 6.91. The largest absolute Gasteiger partial charge is 0.492 e. The minimum atomic E-state index is -3.60. The van der Waals surface area contributed by atoms with E-state index in [-0.39, 0.29) is 22.8 Å². The highest BCUT2D eigenvalue weighted by molar-refractivity contribution is 7.92. The number of hydrogen-bond donors (Lipinski definition) is 2. The van der Waals surface area contributed by atoms with Crippen LogP contribution in [0.2, 0.25) is 0 Å². The second-order valence-electron chi connectivity index (χ2n) is 13.5. The standard InChI is InChI=1S/C35H43N5O5S/c1-35(2,3)24-19-28(33(44-5)29(20-24)38-46(6,42)43)37-34(41)30-18-23-8-7-9-31(32(23)39(30)4)45-26-12-15-36-27(21-26)22-13-16-40(17-14-22)25-10-11-25/h7-9,12,15,18-22,25,38H,10-11,13-14,16-17H2,1-6H3,(H,37,41). The number of ether oxygens (including phenoxy) is 2. The van der Waals surface area contributed by atoms with Gasteiger partial charge in [0.15, 0.2) is 11.5 Å². The van der Waals surface area contributed by atoms with Crippen molar-refractivity contribution < 1.29 is 22.7 Å². The van der Waals surface area contributed by atoms with Crippen molar-refractivity contribution in [3.63, 3.8) is 0 Å². The fraction of sp³-hybridized carbons (Fsp3) is 0.429.